The lowest BCUT2D eigenvalue weighted by atomic mass is 10.3. The van der Waals surface area contributed by atoms with Crippen LogP contribution in [0.2, 0.25) is 0 Å². The molecule has 88 valence electrons. The first-order valence-corrected chi connectivity index (χ1v) is 5.02. The number of aromatic amines is 2. The fourth-order valence-corrected chi connectivity index (χ4v) is 1.59. The molecular formula is C11H13N5O. The number of aromatic nitrogens is 4. The number of H-pyrrole nitrogens is 2. The fraction of sp³-hybridized carbons (Fsp3) is 0.0909. The van der Waals surface area contributed by atoms with Gasteiger partial charge in [-0.05, 0) is 6.08 Å². The maximum atomic E-state index is 11.5. The summed E-state index contributed by atoms with van der Waals surface area (Å²) in [5, 5.41) is 7.54. The summed E-state index contributed by atoms with van der Waals surface area (Å²) in [5.74, 6) is 0.764. The summed E-state index contributed by atoms with van der Waals surface area (Å²) in [7, 11) is 1.78. The smallest absolute Gasteiger partial charge is 0.273 e. The Labute approximate surface area is 97.0 Å². The van der Waals surface area contributed by atoms with E-state index in [1.54, 1.807) is 30.2 Å². The van der Waals surface area contributed by atoms with Gasteiger partial charge in [-0.25, -0.2) is 4.68 Å². The Morgan fingerprint density at radius 2 is 2.29 bits per heavy atom. The van der Waals surface area contributed by atoms with Crippen LogP contribution >= 0.6 is 0 Å². The lowest BCUT2D eigenvalue weighted by molar-refractivity contribution is 0.940. The SMILES string of the molecule is C=Cn1ncc(C=c2[nH]c(=C)[nH]c2=O)c1NC. The minimum Gasteiger partial charge on any atom is -0.373 e. The quantitative estimate of drug-likeness (QED) is 0.652. The molecule has 3 N–H and O–H groups in total. The van der Waals surface area contributed by atoms with Gasteiger partial charge in [0.2, 0.25) is 0 Å². The zero-order chi connectivity index (χ0) is 12.4. The Morgan fingerprint density at radius 1 is 1.53 bits per heavy atom. The molecule has 0 aromatic carbocycles. The second kappa shape index (κ2) is 4.17. The third-order valence-corrected chi connectivity index (χ3v) is 2.33. The second-order valence-corrected chi connectivity index (χ2v) is 3.44. The highest BCUT2D eigenvalue weighted by Crippen LogP contribution is 2.14. The molecule has 0 radical (unpaired) electrons. The lowest BCUT2D eigenvalue weighted by Crippen LogP contribution is -2.22. The normalized spacial score (nSPS) is 11.7. The van der Waals surface area contributed by atoms with Crippen molar-refractivity contribution in [2.45, 2.75) is 0 Å². The van der Waals surface area contributed by atoms with E-state index in [0.717, 1.165) is 11.4 Å². The van der Waals surface area contributed by atoms with Crippen LogP contribution in [0.5, 0.6) is 0 Å². The molecule has 2 aromatic heterocycles. The number of rotatable bonds is 3. The van der Waals surface area contributed by atoms with Crippen LogP contribution in [-0.2, 0) is 0 Å². The van der Waals surface area contributed by atoms with Crippen LogP contribution in [0.3, 0.4) is 0 Å². The van der Waals surface area contributed by atoms with Crippen LogP contribution in [0.4, 0.5) is 5.82 Å². The molecule has 0 aliphatic rings. The van der Waals surface area contributed by atoms with Crippen molar-refractivity contribution in [3.8, 4) is 0 Å². The second-order valence-electron chi connectivity index (χ2n) is 3.44. The van der Waals surface area contributed by atoms with Crippen molar-refractivity contribution in [2.24, 2.45) is 0 Å². The summed E-state index contributed by atoms with van der Waals surface area (Å²) in [6.45, 7) is 7.27. The Hall–Kier alpha value is -2.50. The van der Waals surface area contributed by atoms with Crippen LogP contribution in [0.25, 0.3) is 18.9 Å². The molecule has 0 fully saturated rings. The van der Waals surface area contributed by atoms with E-state index in [9.17, 15) is 4.79 Å². The first-order chi connectivity index (χ1) is 8.15. The molecule has 2 aromatic rings. The molecule has 2 heterocycles. The van der Waals surface area contributed by atoms with Crippen LogP contribution in [-0.4, -0.2) is 26.8 Å². The van der Waals surface area contributed by atoms with Gasteiger partial charge in [0.1, 0.15) is 16.6 Å². The highest BCUT2D eigenvalue weighted by atomic mass is 16.1. The predicted molar refractivity (Wildman–Crippen MR) is 67.9 cm³/mol. The van der Waals surface area contributed by atoms with E-state index in [2.05, 4.69) is 33.5 Å². The van der Waals surface area contributed by atoms with Crippen molar-refractivity contribution in [1.29, 1.82) is 0 Å². The molecule has 6 nitrogen and oxygen atoms in total. The molecule has 0 spiro atoms. The van der Waals surface area contributed by atoms with E-state index in [-0.39, 0.29) is 5.56 Å². The number of imidazole rings is 1. The van der Waals surface area contributed by atoms with Gasteiger partial charge in [0.15, 0.2) is 0 Å². The third-order valence-electron chi connectivity index (χ3n) is 2.33. The Morgan fingerprint density at radius 3 is 2.82 bits per heavy atom. The van der Waals surface area contributed by atoms with Gasteiger partial charge >= 0.3 is 0 Å². The van der Waals surface area contributed by atoms with Crippen LogP contribution in [0, 0.1) is 0 Å². The van der Waals surface area contributed by atoms with E-state index >= 15 is 0 Å². The van der Waals surface area contributed by atoms with Gasteiger partial charge in [0, 0.05) is 18.8 Å². The molecule has 0 bridgehead atoms. The van der Waals surface area contributed by atoms with Gasteiger partial charge in [0.05, 0.1) is 6.20 Å². The van der Waals surface area contributed by atoms with Gasteiger partial charge in [-0.15, -0.1) is 0 Å². The maximum absolute atomic E-state index is 11.5. The predicted octanol–water partition coefficient (Wildman–Crippen LogP) is -0.719. The van der Waals surface area contributed by atoms with Crippen LogP contribution in [0.1, 0.15) is 5.56 Å². The zero-order valence-electron chi connectivity index (χ0n) is 9.45. The molecule has 0 saturated heterocycles. The number of hydrogen-bond donors (Lipinski definition) is 3. The summed E-state index contributed by atoms with van der Waals surface area (Å²) >= 11 is 0. The van der Waals surface area contributed by atoms with Gasteiger partial charge in [0.25, 0.3) is 5.56 Å². The number of nitrogens with one attached hydrogen (secondary N) is 3. The summed E-state index contributed by atoms with van der Waals surface area (Å²) in [5.41, 5.74) is 1.06. The van der Waals surface area contributed by atoms with Gasteiger partial charge in [-0.2, -0.15) is 5.10 Å². The van der Waals surface area contributed by atoms with Crippen molar-refractivity contribution < 1.29 is 0 Å². The molecule has 0 unspecified atom stereocenters. The summed E-state index contributed by atoms with van der Waals surface area (Å²) in [6, 6.07) is 0. The van der Waals surface area contributed by atoms with Crippen molar-refractivity contribution in [3.05, 3.63) is 39.5 Å². The molecular weight excluding hydrogens is 218 g/mol. The summed E-state index contributed by atoms with van der Waals surface area (Å²) < 4.78 is 1.59. The maximum Gasteiger partial charge on any atom is 0.273 e. The number of anilines is 1. The molecule has 0 saturated carbocycles. The standard InChI is InChI=1S/C11H13N5O/c1-4-16-10(12-3)8(6-13-16)5-9-11(17)15-7(2)14-9/h4-6,12,14H,1-2H2,3H3,(H,15,17). The third kappa shape index (κ3) is 1.92. The van der Waals surface area contributed by atoms with Gasteiger partial charge in [-0.3, -0.25) is 4.79 Å². The average Bonchev–Trinajstić information content (AvgIpc) is 2.83. The zero-order valence-corrected chi connectivity index (χ0v) is 9.45. The molecule has 6 heteroatoms. The largest absolute Gasteiger partial charge is 0.373 e. The first-order valence-electron chi connectivity index (χ1n) is 5.02. The topological polar surface area (TPSA) is 78.5 Å². The molecule has 2 rings (SSSR count). The molecule has 0 atom stereocenters. The Kier molecular flexibility index (Phi) is 2.70. The highest BCUT2D eigenvalue weighted by molar-refractivity contribution is 5.63. The highest BCUT2D eigenvalue weighted by Gasteiger charge is 2.05. The molecule has 17 heavy (non-hydrogen) atoms. The average molecular weight is 231 g/mol. The van der Waals surface area contributed by atoms with Crippen molar-refractivity contribution >= 4 is 24.7 Å². The Balaban J connectivity index is 2.64. The van der Waals surface area contributed by atoms with Gasteiger partial charge < -0.3 is 15.3 Å². The first kappa shape index (κ1) is 11.0. The molecule has 0 aliphatic carbocycles. The van der Waals surface area contributed by atoms with E-state index in [1.165, 1.54) is 0 Å². The summed E-state index contributed by atoms with van der Waals surface area (Å²) in [6.07, 6.45) is 4.93. The van der Waals surface area contributed by atoms with Crippen molar-refractivity contribution in [2.75, 3.05) is 12.4 Å². The van der Waals surface area contributed by atoms with Crippen LogP contribution in [0.15, 0.2) is 17.6 Å². The number of hydrogen-bond acceptors (Lipinski definition) is 3. The van der Waals surface area contributed by atoms with Crippen molar-refractivity contribution in [3.63, 3.8) is 0 Å². The summed E-state index contributed by atoms with van der Waals surface area (Å²) in [4.78, 5) is 16.9. The van der Waals surface area contributed by atoms with E-state index < -0.39 is 0 Å². The van der Waals surface area contributed by atoms with E-state index in [1.807, 2.05) is 0 Å². The lowest BCUT2D eigenvalue weighted by Gasteiger charge is -2.01. The number of nitrogens with zero attached hydrogens (tertiary/aromatic N) is 2. The minimum absolute atomic E-state index is 0.205. The van der Waals surface area contributed by atoms with E-state index in [4.69, 9.17) is 0 Å². The van der Waals surface area contributed by atoms with E-state index in [0.29, 0.717) is 10.8 Å². The Bertz CT molecular complexity index is 703. The van der Waals surface area contributed by atoms with Gasteiger partial charge in [-0.1, -0.05) is 13.2 Å². The monoisotopic (exact) mass is 231 g/mol. The fourth-order valence-electron chi connectivity index (χ4n) is 1.59. The minimum atomic E-state index is -0.205. The van der Waals surface area contributed by atoms with Crippen molar-refractivity contribution in [1.82, 2.24) is 19.7 Å². The van der Waals surface area contributed by atoms with Crippen LogP contribution < -0.4 is 21.7 Å². The molecule has 0 aliphatic heterocycles. The molecule has 0 amide bonds.